The van der Waals surface area contributed by atoms with Gasteiger partial charge >= 0.3 is 0 Å². The van der Waals surface area contributed by atoms with E-state index in [0.29, 0.717) is 20.8 Å². The highest BCUT2D eigenvalue weighted by Gasteiger charge is 2.30. The minimum absolute atomic E-state index is 0.0736. The maximum atomic E-state index is 13.1. The summed E-state index contributed by atoms with van der Waals surface area (Å²) in [5.41, 5.74) is 2.66. The molecule has 6 heteroatoms. The minimum Gasteiger partial charge on any atom is -0.758 e. The molecule has 1 aliphatic rings. The molecule has 2 heterocycles. The second-order valence-electron chi connectivity index (χ2n) is 5.99. The first kappa shape index (κ1) is 18.2. The van der Waals surface area contributed by atoms with Gasteiger partial charge in [-0.3, -0.25) is 4.79 Å². The van der Waals surface area contributed by atoms with Crippen LogP contribution in [-0.2, 0) is 25.5 Å². The first-order valence-corrected chi connectivity index (χ1v) is 9.84. The van der Waals surface area contributed by atoms with Gasteiger partial charge in [0.05, 0.1) is 15.8 Å². The molecular weight excluding hydrogens is 372 g/mol. The Balaban J connectivity index is 2.01. The average molecular weight is 391 g/mol. The fourth-order valence-corrected chi connectivity index (χ4v) is 4.36. The van der Waals surface area contributed by atoms with E-state index < -0.39 is 6.04 Å². The van der Waals surface area contributed by atoms with Crippen molar-refractivity contribution in [2.75, 3.05) is 6.54 Å². The summed E-state index contributed by atoms with van der Waals surface area (Å²) in [6.45, 7) is 4.07. The number of aromatic nitrogens is 1. The van der Waals surface area contributed by atoms with Gasteiger partial charge in [0.25, 0.3) is 0 Å². The zero-order valence-corrected chi connectivity index (χ0v) is 16.2. The molecule has 130 valence electrons. The molecule has 0 saturated carbocycles. The second-order valence-corrected chi connectivity index (χ2v) is 8.12. The van der Waals surface area contributed by atoms with Gasteiger partial charge in [-0.15, -0.1) is 17.9 Å². The highest BCUT2D eigenvalue weighted by Crippen LogP contribution is 2.25. The fraction of sp³-hybridized carbons (Fsp3) is 0.316. The summed E-state index contributed by atoms with van der Waals surface area (Å²) in [4.78, 5) is 18.0. The molecule has 0 spiro atoms. The number of ketones is 1. The van der Waals surface area contributed by atoms with Crippen LogP contribution in [0.15, 0.2) is 48.2 Å². The zero-order chi connectivity index (χ0) is 17.8. The van der Waals surface area contributed by atoms with Gasteiger partial charge in [-0.05, 0) is 48.4 Å². The predicted molar refractivity (Wildman–Crippen MR) is 106 cm³/mol. The molecule has 3 nitrogen and oxygen atoms in total. The lowest BCUT2D eigenvalue weighted by Crippen LogP contribution is -2.48. The standard InChI is InChI=1S/C19H19ClN2OS2/c1-2-10-21-19(24)17(18(23)15-7-8-16(20)25-15)22-11-9-13-5-3-4-6-14(13)12-22/h2,7-9,11-12,17H,1,3-6,10H2. The van der Waals surface area contributed by atoms with Crippen molar-refractivity contribution in [3.8, 4) is 0 Å². The molecule has 3 rings (SSSR count). The van der Waals surface area contributed by atoms with Crippen molar-refractivity contribution in [2.24, 2.45) is 4.99 Å². The lowest BCUT2D eigenvalue weighted by atomic mass is 9.93. The molecular formula is C19H19ClN2OS2. The van der Waals surface area contributed by atoms with Crippen molar-refractivity contribution in [3.05, 3.63) is 63.6 Å². The molecule has 0 fully saturated rings. The van der Waals surface area contributed by atoms with Crippen LogP contribution in [0.4, 0.5) is 0 Å². The largest absolute Gasteiger partial charge is 0.758 e. The third-order valence-electron chi connectivity index (χ3n) is 4.28. The number of aryl methyl sites for hydroxylation is 2. The first-order chi connectivity index (χ1) is 12.1. The van der Waals surface area contributed by atoms with Crippen molar-refractivity contribution in [1.82, 2.24) is 0 Å². The second kappa shape index (κ2) is 8.21. The number of hydrogen-bond donors (Lipinski definition) is 0. The highest BCUT2D eigenvalue weighted by molar-refractivity contribution is 7.77. The first-order valence-electron chi connectivity index (χ1n) is 8.24. The Bertz CT molecular complexity index is 829. The quantitative estimate of drug-likeness (QED) is 0.185. The van der Waals surface area contributed by atoms with Gasteiger partial charge in [0.2, 0.25) is 11.8 Å². The Morgan fingerprint density at radius 1 is 1.36 bits per heavy atom. The van der Waals surface area contributed by atoms with Crippen LogP contribution in [0.1, 0.15) is 39.7 Å². The van der Waals surface area contributed by atoms with Crippen molar-refractivity contribution in [2.45, 2.75) is 31.7 Å². The summed E-state index contributed by atoms with van der Waals surface area (Å²) in [5.74, 6) is -0.0736. The molecule has 1 aliphatic carbocycles. The van der Waals surface area contributed by atoms with Crippen LogP contribution in [0.25, 0.3) is 0 Å². The van der Waals surface area contributed by atoms with Crippen LogP contribution in [0.3, 0.4) is 0 Å². The number of fused-ring (bicyclic) bond motifs is 1. The molecule has 0 saturated heterocycles. The van der Waals surface area contributed by atoms with Crippen LogP contribution in [0.2, 0.25) is 4.34 Å². The number of aliphatic imine (C=N–C) groups is 1. The number of Topliss-reactive ketones (excluding diaryl/α,β-unsaturated/α-hetero) is 1. The maximum Gasteiger partial charge on any atom is 0.244 e. The summed E-state index contributed by atoms with van der Waals surface area (Å²) in [5, 5.41) is 0.371. The molecule has 2 aromatic rings. The maximum absolute atomic E-state index is 13.1. The fourth-order valence-electron chi connectivity index (χ4n) is 3.05. The van der Waals surface area contributed by atoms with Crippen molar-refractivity contribution < 1.29 is 9.36 Å². The van der Waals surface area contributed by atoms with E-state index in [1.54, 1.807) is 18.2 Å². The molecule has 25 heavy (non-hydrogen) atoms. The summed E-state index contributed by atoms with van der Waals surface area (Å²) in [7, 11) is 0. The van der Waals surface area contributed by atoms with Gasteiger partial charge in [0.1, 0.15) is 0 Å². The molecule has 0 amide bonds. The van der Waals surface area contributed by atoms with Gasteiger partial charge in [-0.1, -0.05) is 17.7 Å². The summed E-state index contributed by atoms with van der Waals surface area (Å²) >= 11 is 12.7. The molecule has 0 aromatic carbocycles. The summed E-state index contributed by atoms with van der Waals surface area (Å²) < 4.78 is 2.49. The molecule has 0 aliphatic heterocycles. The average Bonchev–Trinajstić information content (AvgIpc) is 3.06. The summed E-state index contributed by atoms with van der Waals surface area (Å²) in [6.07, 6.45) is 10.2. The van der Waals surface area contributed by atoms with Gasteiger partial charge in [-0.2, -0.15) is 4.57 Å². The number of rotatable bonds is 6. The van der Waals surface area contributed by atoms with Crippen molar-refractivity contribution >= 4 is 46.4 Å². The van der Waals surface area contributed by atoms with E-state index in [0.717, 1.165) is 12.8 Å². The third-order valence-corrected chi connectivity index (χ3v) is 5.88. The predicted octanol–water partition coefficient (Wildman–Crippen LogP) is 4.12. The van der Waals surface area contributed by atoms with Gasteiger partial charge in [0.15, 0.2) is 12.4 Å². The number of pyridine rings is 1. The van der Waals surface area contributed by atoms with Crippen molar-refractivity contribution in [3.63, 3.8) is 0 Å². The van der Waals surface area contributed by atoms with Crippen LogP contribution in [-0.4, -0.2) is 17.4 Å². The van der Waals surface area contributed by atoms with Crippen LogP contribution in [0, 0.1) is 0 Å². The number of thiophene rings is 1. The van der Waals surface area contributed by atoms with E-state index in [1.165, 1.54) is 35.3 Å². The molecule has 2 aromatic heterocycles. The highest BCUT2D eigenvalue weighted by atomic mass is 35.5. The van der Waals surface area contributed by atoms with E-state index in [2.05, 4.69) is 23.8 Å². The topological polar surface area (TPSA) is 33.3 Å². The van der Waals surface area contributed by atoms with Gasteiger partial charge < -0.3 is 17.6 Å². The molecule has 0 bridgehead atoms. The summed E-state index contributed by atoms with van der Waals surface area (Å²) in [6, 6.07) is 4.96. The smallest absolute Gasteiger partial charge is 0.244 e. The Morgan fingerprint density at radius 3 is 2.80 bits per heavy atom. The van der Waals surface area contributed by atoms with Crippen LogP contribution in [0.5, 0.6) is 0 Å². The van der Waals surface area contributed by atoms with Crippen molar-refractivity contribution in [1.29, 1.82) is 0 Å². The van der Waals surface area contributed by atoms with E-state index >= 15 is 0 Å². The lowest BCUT2D eigenvalue weighted by Gasteiger charge is -2.20. The molecule has 1 unspecified atom stereocenters. The van der Waals surface area contributed by atoms with Gasteiger partial charge in [0, 0.05) is 11.6 Å². The number of carbonyl (C=O) groups excluding carboxylic acids is 1. The van der Waals surface area contributed by atoms with E-state index in [9.17, 15) is 4.79 Å². The SMILES string of the molecule is C=CCN=C([S-])C(C(=O)c1ccc(Cl)s1)[n+]1ccc2c(c1)CCCC2. The molecule has 0 radical (unpaired) electrons. The monoisotopic (exact) mass is 390 g/mol. The molecule has 1 atom stereocenters. The molecule has 0 N–H and O–H groups in total. The number of carbonyl (C=O) groups is 1. The Kier molecular flexibility index (Phi) is 5.99. The van der Waals surface area contributed by atoms with Crippen LogP contribution < -0.4 is 4.57 Å². The van der Waals surface area contributed by atoms with E-state index in [-0.39, 0.29) is 5.78 Å². The zero-order valence-electron chi connectivity index (χ0n) is 13.8. The van der Waals surface area contributed by atoms with E-state index in [1.807, 2.05) is 10.8 Å². The number of hydrogen-bond acceptors (Lipinski definition) is 4. The minimum atomic E-state index is -0.628. The van der Waals surface area contributed by atoms with E-state index in [4.69, 9.17) is 24.2 Å². The normalized spacial score (nSPS) is 15.5. The Hall–Kier alpha value is -1.56. The Labute approximate surface area is 162 Å². The lowest BCUT2D eigenvalue weighted by molar-refractivity contribution is -0.692. The third kappa shape index (κ3) is 4.17. The van der Waals surface area contributed by atoms with Crippen LogP contribution >= 0.6 is 22.9 Å². The van der Waals surface area contributed by atoms with Gasteiger partial charge in [-0.25, -0.2) is 0 Å². The number of halogens is 1. The number of nitrogens with zero attached hydrogens (tertiary/aromatic N) is 2. The Morgan fingerprint density at radius 2 is 2.12 bits per heavy atom.